The molecular weight excluding hydrogens is 280 g/mol. The number of nitrogens with zero attached hydrogens (tertiary/aromatic N) is 2. The Labute approximate surface area is 131 Å². The average molecular weight is 302 g/mol. The van der Waals surface area contributed by atoms with Gasteiger partial charge in [-0.25, -0.2) is 9.80 Å². The zero-order valence-corrected chi connectivity index (χ0v) is 13.4. The second-order valence-electron chi connectivity index (χ2n) is 5.95. The monoisotopic (exact) mass is 302 g/mol. The van der Waals surface area contributed by atoms with Crippen LogP contribution in [0.1, 0.15) is 26.3 Å². The highest BCUT2D eigenvalue weighted by atomic mass is 16.6. The van der Waals surface area contributed by atoms with Crippen molar-refractivity contribution in [1.82, 2.24) is 4.68 Å². The summed E-state index contributed by atoms with van der Waals surface area (Å²) in [5.41, 5.74) is 0.447. The summed E-state index contributed by atoms with van der Waals surface area (Å²) in [5, 5.41) is 1.55. The summed E-state index contributed by atoms with van der Waals surface area (Å²) < 4.78 is 12.4. The molecule has 2 rings (SSSR count). The maximum absolute atomic E-state index is 12.4. The van der Waals surface area contributed by atoms with E-state index in [-0.39, 0.29) is 6.09 Å². The summed E-state index contributed by atoms with van der Waals surface area (Å²) in [5.74, 6) is 0.786. The lowest BCUT2D eigenvalue weighted by Gasteiger charge is -2.28. The highest BCUT2D eigenvalue weighted by Crippen LogP contribution is 2.15. The maximum Gasteiger partial charge on any atom is 0.429 e. The Morgan fingerprint density at radius 1 is 1.14 bits per heavy atom. The molecule has 1 aromatic carbocycles. The summed E-state index contributed by atoms with van der Waals surface area (Å²) in [4.78, 5) is 12.4. The number of rotatable bonds is 4. The molecule has 0 spiro atoms. The molecule has 0 aliphatic carbocycles. The van der Waals surface area contributed by atoms with Crippen molar-refractivity contribution in [2.45, 2.75) is 32.9 Å². The highest BCUT2D eigenvalue weighted by molar-refractivity contribution is 5.78. The van der Waals surface area contributed by atoms with Crippen LogP contribution in [0.15, 0.2) is 48.8 Å². The van der Waals surface area contributed by atoms with Gasteiger partial charge in [-0.15, -0.1) is 0 Å². The predicted octanol–water partition coefficient (Wildman–Crippen LogP) is 3.57. The third-order valence-electron chi connectivity index (χ3n) is 2.96. The summed E-state index contributed by atoms with van der Waals surface area (Å²) in [7, 11) is 1.63. The minimum absolute atomic E-state index is 0.389. The zero-order chi connectivity index (χ0) is 16.2. The molecule has 0 N–H and O–H groups in total. The summed E-state index contributed by atoms with van der Waals surface area (Å²) >= 11 is 0. The minimum atomic E-state index is -0.539. The van der Waals surface area contributed by atoms with Crippen molar-refractivity contribution in [1.29, 1.82) is 0 Å². The van der Waals surface area contributed by atoms with Crippen molar-refractivity contribution in [3.05, 3.63) is 54.4 Å². The molecule has 0 radical (unpaired) electrons. The first-order chi connectivity index (χ1) is 10.4. The van der Waals surface area contributed by atoms with Crippen molar-refractivity contribution >= 4 is 6.09 Å². The van der Waals surface area contributed by atoms with Crippen LogP contribution in [0.4, 0.5) is 4.79 Å². The number of methoxy groups -OCH3 is 1. The smallest absolute Gasteiger partial charge is 0.429 e. The van der Waals surface area contributed by atoms with Crippen molar-refractivity contribution in [2.75, 3.05) is 12.1 Å². The van der Waals surface area contributed by atoms with Crippen LogP contribution in [-0.2, 0) is 11.3 Å². The number of amides is 1. The van der Waals surface area contributed by atoms with E-state index in [0.29, 0.717) is 6.54 Å². The minimum Gasteiger partial charge on any atom is -0.497 e. The fourth-order valence-corrected chi connectivity index (χ4v) is 1.95. The normalized spacial score (nSPS) is 11.1. The van der Waals surface area contributed by atoms with Gasteiger partial charge in [0.25, 0.3) is 0 Å². The Morgan fingerprint density at radius 3 is 2.23 bits per heavy atom. The maximum atomic E-state index is 12.4. The van der Waals surface area contributed by atoms with Gasteiger partial charge >= 0.3 is 6.09 Å². The lowest BCUT2D eigenvalue weighted by Crippen LogP contribution is -2.42. The molecule has 0 aliphatic heterocycles. The number of ether oxygens (including phenoxy) is 2. The molecule has 0 bridgehead atoms. The number of carbonyl (C=O) groups excluding carboxylic acids is 1. The van der Waals surface area contributed by atoms with E-state index in [4.69, 9.17) is 9.47 Å². The molecule has 0 saturated heterocycles. The van der Waals surface area contributed by atoms with Crippen LogP contribution in [-0.4, -0.2) is 23.5 Å². The molecule has 0 unspecified atom stereocenters. The molecule has 22 heavy (non-hydrogen) atoms. The lowest BCUT2D eigenvalue weighted by molar-refractivity contribution is 0.0534. The molecule has 118 valence electrons. The topological polar surface area (TPSA) is 43.7 Å². The van der Waals surface area contributed by atoms with E-state index in [2.05, 4.69) is 0 Å². The molecule has 2 aromatic rings. The van der Waals surface area contributed by atoms with E-state index in [9.17, 15) is 4.79 Å². The first-order valence-corrected chi connectivity index (χ1v) is 7.16. The van der Waals surface area contributed by atoms with Crippen molar-refractivity contribution < 1.29 is 14.3 Å². The standard InChI is InChI=1S/C17H22N2O3/c1-17(2,3)22-16(20)19(18-11-5-6-12-18)13-14-7-9-15(21-4)10-8-14/h5-12H,13H2,1-4H3. The molecular formula is C17H22N2O3. The third kappa shape index (κ3) is 4.28. The SMILES string of the molecule is COc1ccc(CN(C(=O)OC(C)(C)C)n2cccc2)cc1. The molecule has 1 heterocycles. The van der Waals surface area contributed by atoms with Crippen molar-refractivity contribution in [3.63, 3.8) is 0 Å². The molecule has 1 amide bonds. The van der Waals surface area contributed by atoms with E-state index >= 15 is 0 Å². The van der Waals surface area contributed by atoms with Crippen LogP contribution in [0.5, 0.6) is 5.75 Å². The summed E-state index contributed by atoms with van der Waals surface area (Å²) in [6, 6.07) is 11.3. The van der Waals surface area contributed by atoms with Crippen molar-refractivity contribution in [3.8, 4) is 5.75 Å². The van der Waals surface area contributed by atoms with Gasteiger partial charge in [0, 0.05) is 12.4 Å². The Hall–Kier alpha value is -2.43. The highest BCUT2D eigenvalue weighted by Gasteiger charge is 2.23. The Morgan fingerprint density at radius 2 is 1.73 bits per heavy atom. The van der Waals surface area contributed by atoms with E-state index in [1.165, 1.54) is 0 Å². The van der Waals surface area contributed by atoms with Gasteiger partial charge < -0.3 is 9.47 Å². The van der Waals surface area contributed by atoms with Crippen LogP contribution in [0.25, 0.3) is 0 Å². The van der Waals surface area contributed by atoms with Gasteiger partial charge in [0.1, 0.15) is 11.4 Å². The largest absolute Gasteiger partial charge is 0.497 e. The fraction of sp³-hybridized carbons (Fsp3) is 0.353. The van der Waals surface area contributed by atoms with E-state index in [0.717, 1.165) is 11.3 Å². The molecule has 0 atom stereocenters. The lowest BCUT2D eigenvalue weighted by atomic mass is 10.2. The van der Waals surface area contributed by atoms with Gasteiger partial charge in [0.15, 0.2) is 0 Å². The molecule has 0 fully saturated rings. The molecule has 5 nitrogen and oxygen atoms in total. The molecule has 1 aromatic heterocycles. The third-order valence-corrected chi connectivity index (χ3v) is 2.96. The zero-order valence-electron chi connectivity index (χ0n) is 13.4. The van der Waals surface area contributed by atoms with E-state index in [1.807, 2.05) is 69.6 Å². The fourth-order valence-electron chi connectivity index (χ4n) is 1.95. The molecule has 5 heteroatoms. The Kier molecular flexibility index (Phi) is 4.75. The number of hydrogen-bond donors (Lipinski definition) is 0. The van der Waals surface area contributed by atoms with Crippen LogP contribution in [0, 0.1) is 0 Å². The van der Waals surface area contributed by atoms with Crippen LogP contribution < -0.4 is 9.75 Å². The van der Waals surface area contributed by atoms with E-state index in [1.54, 1.807) is 16.8 Å². The van der Waals surface area contributed by atoms with Gasteiger partial charge in [-0.1, -0.05) is 12.1 Å². The first-order valence-electron chi connectivity index (χ1n) is 7.16. The van der Waals surface area contributed by atoms with Gasteiger partial charge in [-0.3, -0.25) is 4.68 Å². The second-order valence-corrected chi connectivity index (χ2v) is 5.95. The summed E-state index contributed by atoms with van der Waals surface area (Å²) in [6.07, 6.45) is 3.24. The Bertz CT molecular complexity index is 598. The molecule has 0 saturated carbocycles. The van der Waals surface area contributed by atoms with Gasteiger partial charge in [-0.05, 0) is 50.6 Å². The first kappa shape index (κ1) is 15.9. The number of carbonyl (C=O) groups is 1. The van der Waals surface area contributed by atoms with Gasteiger partial charge in [0.05, 0.1) is 13.7 Å². The average Bonchev–Trinajstić information content (AvgIpc) is 2.97. The van der Waals surface area contributed by atoms with Gasteiger partial charge in [0.2, 0.25) is 0 Å². The summed E-state index contributed by atoms with van der Waals surface area (Å²) in [6.45, 7) is 5.97. The number of aromatic nitrogens is 1. The van der Waals surface area contributed by atoms with Crippen LogP contribution in [0.3, 0.4) is 0 Å². The van der Waals surface area contributed by atoms with Gasteiger partial charge in [-0.2, -0.15) is 0 Å². The quantitative estimate of drug-likeness (QED) is 0.867. The van der Waals surface area contributed by atoms with Crippen LogP contribution in [0.2, 0.25) is 0 Å². The van der Waals surface area contributed by atoms with Crippen LogP contribution >= 0.6 is 0 Å². The second kappa shape index (κ2) is 6.56. The number of benzene rings is 1. The predicted molar refractivity (Wildman–Crippen MR) is 85.6 cm³/mol. The van der Waals surface area contributed by atoms with E-state index < -0.39 is 5.60 Å². The number of hydrogen-bond acceptors (Lipinski definition) is 3. The molecule has 0 aliphatic rings. The Balaban J connectivity index is 2.19. The van der Waals surface area contributed by atoms with Crippen molar-refractivity contribution in [2.24, 2.45) is 0 Å².